The van der Waals surface area contributed by atoms with Gasteiger partial charge in [-0.25, -0.2) is 0 Å². The number of benzene rings is 1. The van der Waals surface area contributed by atoms with Gasteiger partial charge in [-0.05, 0) is 30.2 Å². The molecule has 0 aliphatic rings. The Morgan fingerprint density at radius 2 is 1.93 bits per heavy atom. The maximum Gasteiger partial charge on any atom is 0.416 e. The highest BCUT2D eigenvalue weighted by Gasteiger charge is 2.33. The van der Waals surface area contributed by atoms with Gasteiger partial charge in [0.15, 0.2) is 0 Å². The molecular formula is C9H9BrF3N. The second-order valence-electron chi connectivity index (χ2n) is 2.97. The Kier molecular flexibility index (Phi) is 3.21. The van der Waals surface area contributed by atoms with Gasteiger partial charge in [0.1, 0.15) is 0 Å². The lowest BCUT2D eigenvalue weighted by molar-refractivity contribution is -0.138. The molecule has 0 bridgehead atoms. The summed E-state index contributed by atoms with van der Waals surface area (Å²) >= 11 is 3.07. The molecule has 0 unspecified atom stereocenters. The van der Waals surface area contributed by atoms with Crippen molar-refractivity contribution in [3.05, 3.63) is 33.3 Å². The van der Waals surface area contributed by atoms with Crippen molar-refractivity contribution in [2.45, 2.75) is 19.6 Å². The second kappa shape index (κ2) is 3.90. The zero-order valence-corrected chi connectivity index (χ0v) is 9.04. The number of hydrogen-bond donors (Lipinski definition) is 1. The van der Waals surface area contributed by atoms with Gasteiger partial charge in [0.05, 0.1) is 5.56 Å². The fraction of sp³-hybridized carbons (Fsp3) is 0.333. The van der Waals surface area contributed by atoms with E-state index in [1.54, 1.807) is 13.0 Å². The first kappa shape index (κ1) is 11.5. The first-order chi connectivity index (χ1) is 6.36. The van der Waals surface area contributed by atoms with Crippen LogP contribution in [-0.2, 0) is 12.7 Å². The molecule has 0 radical (unpaired) electrons. The van der Waals surface area contributed by atoms with E-state index < -0.39 is 11.7 Å². The molecule has 0 fully saturated rings. The smallest absolute Gasteiger partial charge is 0.326 e. The monoisotopic (exact) mass is 267 g/mol. The van der Waals surface area contributed by atoms with Crippen LogP contribution in [0.3, 0.4) is 0 Å². The highest BCUT2D eigenvalue weighted by atomic mass is 79.9. The first-order valence-corrected chi connectivity index (χ1v) is 4.72. The van der Waals surface area contributed by atoms with Crippen molar-refractivity contribution in [3.8, 4) is 0 Å². The summed E-state index contributed by atoms with van der Waals surface area (Å²) in [7, 11) is 0. The van der Waals surface area contributed by atoms with Crippen LogP contribution in [0.4, 0.5) is 13.2 Å². The second-order valence-corrected chi connectivity index (χ2v) is 3.83. The molecule has 78 valence electrons. The third kappa shape index (κ3) is 2.27. The van der Waals surface area contributed by atoms with Gasteiger partial charge in [0, 0.05) is 11.0 Å². The molecule has 0 spiro atoms. The Morgan fingerprint density at radius 3 is 2.36 bits per heavy atom. The quantitative estimate of drug-likeness (QED) is 0.831. The Morgan fingerprint density at radius 1 is 1.36 bits per heavy atom. The van der Waals surface area contributed by atoms with Crippen LogP contribution in [0.25, 0.3) is 0 Å². The third-order valence-corrected chi connectivity index (χ3v) is 2.56. The van der Waals surface area contributed by atoms with Crippen LogP contribution in [0.5, 0.6) is 0 Å². The molecule has 0 aliphatic carbocycles. The van der Waals surface area contributed by atoms with Crippen LogP contribution in [0, 0.1) is 6.92 Å². The van der Waals surface area contributed by atoms with Crippen LogP contribution in [-0.4, -0.2) is 0 Å². The van der Waals surface area contributed by atoms with E-state index in [9.17, 15) is 13.2 Å². The summed E-state index contributed by atoms with van der Waals surface area (Å²) in [4.78, 5) is 0. The summed E-state index contributed by atoms with van der Waals surface area (Å²) < 4.78 is 38.0. The van der Waals surface area contributed by atoms with Crippen molar-refractivity contribution in [2.24, 2.45) is 5.73 Å². The molecule has 0 saturated carbocycles. The lowest BCUT2D eigenvalue weighted by Crippen LogP contribution is -2.13. The molecule has 0 aliphatic heterocycles. The van der Waals surface area contributed by atoms with E-state index in [0.717, 1.165) is 6.07 Å². The van der Waals surface area contributed by atoms with Gasteiger partial charge in [-0.15, -0.1) is 0 Å². The van der Waals surface area contributed by atoms with E-state index in [1.165, 1.54) is 0 Å². The maximum atomic E-state index is 12.5. The third-order valence-electron chi connectivity index (χ3n) is 1.85. The van der Waals surface area contributed by atoms with Gasteiger partial charge in [0.25, 0.3) is 0 Å². The van der Waals surface area contributed by atoms with Crippen molar-refractivity contribution < 1.29 is 13.2 Å². The van der Waals surface area contributed by atoms with E-state index in [-0.39, 0.29) is 12.1 Å². The van der Waals surface area contributed by atoms with Gasteiger partial charge in [-0.3, -0.25) is 0 Å². The van der Waals surface area contributed by atoms with Crippen LogP contribution < -0.4 is 5.73 Å². The van der Waals surface area contributed by atoms with Gasteiger partial charge in [0.2, 0.25) is 0 Å². The SMILES string of the molecule is Cc1cc(Br)c(CN)c(C(F)(F)F)c1. The Bertz CT molecular complexity index is 347. The lowest BCUT2D eigenvalue weighted by atomic mass is 10.0. The van der Waals surface area contributed by atoms with Crippen molar-refractivity contribution in [1.29, 1.82) is 0 Å². The van der Waals surface area contributed by atoms with Gasteiger partial charge < -0.3 is 5.73 Å². The number of nitrogens with two attached hydrogens (primary N) is 1. The minimum atomic E-state index is -4.34. The van der Waals surface area contributed by atoms with Gasteiger partial charge >= 0.3 is 6.18 Å². The molecule has 0 amide bonds. The van der Waals surface area contributed by atoms with E-state index in [4.69, 9.17) is 5.73 Å². The van der Waals surface area contributed by atoms with Crippen LogP contribution in [0.1, 0.15) is 16.7 Å². The lowest BCUT2D eigenvalue weighted by Gasteiger charge is -2.14. The van der Waals surface area contributed by atoms with E-state index in [0.29, 0.717) is 10.0 Å². The van der Waals surface area contributed by atoms with E-state index in [1.807, 2.05) is 0 Å². The van der Waals surface area contributed by atoms with E-state index >= 15 is 0 Å². The molecule has 14 heavy (non-hydrogen) atoms. The topological polar surface area (TPSA) is 26.0 Å². The molecule has 0 saturated heterocycles. The number of aryl methyl sites for hydroxylation is 1. The zero-order chi connectivity index (χ0) is 10.9. The molecule has 0 aromatic heterocycles. The van der Waals surface area contributed by atoms with Crippen molar-refractivity contribution >= 4 is 15.9 Å². The molecule has 1 aromatic rings. The number of hydrogen-bond acceptors (Lipinski definition) is 1. The molecule has 0 atom stereocenters. The van der Waals surface area contributed by atoms with Crippen molar-refractivity contribution in [3.63, 3.8) is 0 Å². The number of alkyl halides is 3. The normalized spacial score (nSPS) is 11.9. The van der Waals surface area contributed by atoms with Crippen molar-refractivity contribution in [2.75, 3.05) is 0 Å². The summed E-state index contributed by atoms with van der Waals surface area (Å²) in [6.45, 7) is 1.48. The Balaban J connectivity index is 3.40. The minimum absolute atomic E-state index is 0.100. The molecular weight excluding hydrogens is 259 g/mol. The molecule has 1 aromatic carbocycles. The standard InChI is InChI=1S/C9H9BrF3N/c1-5-2-7(9(11,12)13)6(4-14)8(10)3-5/h2-3H,4,14H2,1H3. The average Bonchev–Trinajstić information content (AvgIpc) is 2.01. The summed E-state index contributed by atoms with van der Waals surface area (Å²) in [6.07, 6.45) is -4.34. The summed E-state index contributed by atoms with van der Waals surface area (Å²) in [5.74, 6) is 0. The predicted octanol–water partition coefficient (Wildman–Crippen LogP) is 3.24. The summed E-state index contributed by atoms with van der Waals surface area (Å²) in [5, 5.41) is 0. The molecule has 1 rings (SSSR count). The summed E-state index contributed by atoms with van der Waals surface area (Å²) in [5.41, 5.74) is 5.26. The number of halogens is 4. The van der Waals surface area contributed by atoms with Crippen LogP contribution in [0.15, 0.2) is 16.6 Å². The average molecular weight is 268 g/mol. The first-order valence-electron chi connectivity index (χ1n) is 3.92. The zero-order valence-electron chi connectivity index (χ0n) is 7.45. The molecule has 1 nitrogen and oxygen atoms in total. The van der Waals surface area contributed by atoms with Crippen LogP contribution >= 0.6 is 15.9 Å². The summed E-state index contributed by atoms with van der Waals surface area (Å²) in [6, 6.07) is 2.73. The molecule has 5 heteroatoms. The Hall–Kier alpha value is -0.550. The highest BCUT2D eigenvalue weighted by molar-refractivity contribution is 9.10. The minimum Gasteiger partial charge on any atom is -0.326 e. The largest absolute Gasteiger partial charge is 0.416 e. The Labute approximate surface area is 88.2 Å². The highest BCUT2D eigenvalue weighted by Crippen LogP contribution is 2.35. The fourth-order valence-electron chi connectivity index (χ4n) is 1.23. The maximum absolute atomic E-state index is 12.5. The number of rotatable bonds is 1. The van der Waals surface area contributed by atoms with Gasteiger partial charge in [-0.1, -0.05) is 15.9 Å². The fourth-order valence-corrected chi connectivity index (χ4v) is 1.97. The van der Waals surface area contributed by atoms with E-state index in [2.05, 4.69) is 15.9 Å². The van der Waals surface area contributed by atoms with Gasteiger partial charge in [-0.2, -0.15) is 13.2 Å². The molecule has 0 heterocycles. The molecule has 2 N–H and O–H groups in total. The van der Waals surface area contributed by atoms with Crippen LogP contribution in [0.2, 0.25) is 0 Å². The predicted molar refractivity (Wildman–Crippen MR) is 51.8 cm³/mol. The van der Waals surface area contributed by atoms with Crippen molar-refractivity contribution in [1.82, 2.24) is 0 Å².